The SMILES string of the molecule is O=C(O)C1(CCOCCCCCC2CCCCC2)CO1. The maximum atomic E-state index is 10.9. The second-order valence-corrected chi connectivity index (χ2v) is 6.30. The van der Waals surface area contributed by atoms with Crippen molar-refractivity contribution in [3.8, 4) is 0 Å². The molecule has 0 amide bonds. The quantitative estimate of drug-likeness (QED) is 0.493. The molecule has 1 saturated heterocycles. The third-order valence-electron chi connectivity index (χ3n) is 4.66. The molecule has 0 aromatic carbocycles. The highest BCUT2D eigenvalue weighted by atomic mass is 16.6. The van der Waals surface area contributed by atoms with E-state index in [1.54, 1.807) is 0 Å². The molecule has 4 nitrogen and oxygen atoms in total. The maximum absolute atomic E-state index is 10.9. The second-order valence-electron chi connectivity index (χ2n) is 6.30. The first-order chi connectivity index (χ1) is 9.73. The van der Waals surface area contributed by atoms with E-state index in [-0.39, 0.29) is 0 Å². The molecule has 2 aliphatic rings. The first-order valence-corrected chi connectivity index (χ1v) is 8.18. The van der Waals surface area contributed by atoms with Crippen LogP contribution in [0.2, 0.25) is 0 Å². The van der Waals surface area contributed by atoms with E-state index in [9.17, 15) is 4.79 Å². The van der Waals surface area contributed by atoms with Crippen molar-refractivity contribution in [2.45, 2.75) is 69.8 Å². The minimum atomic E-state index is -0.916. The summed E-state index contributed by atoms with van der Waals surface area (Å²) in [5.41, 5.74) is -0.916. The maximum Gasteiger partial charge on any atom is 0.338 e. The molecule has 0 aromatic heterocycles. The van der Waals surface area contributed by atoms with Gasteiger partial charge in [0.05, 0.1) is 6.61 Å². The predicted octanol–water partition coefficient (Wildman–Crippen LogP) is 3.39. The lowest BCUT2D eigenvalue weighted by molar-refractivity contribution is -0.144. The Morgan fingerprint density at radius 2 is 1.90 bits per heavy atom. The minimum absolute atomic E-state index is 0.340. The van der Waals surface area contributed by atoms with Gasteiger partial charge in [-0.1, -0.05) is 51.4 Å². The zero-order chi connectivity index (χ0) is 14.3. The van der Waals surface area contributed by atoms with E-state index < -0.39 is 11.6 Å². The molecule has 0 spiro atoms. The van der Waals surface area contributed by atoms with Gasteiger partial charge in [0.1, 0.15) is 0 Å². The fourth-order valence-electron chi connectivity index (χ4n) is 3.09. The van der Waals surface area contributed by atoms with Gasteiger partial charge in [0.15, 0.2) is 5.60 Å². The lowest BCUT2D eigenvalue weighted by Crippen LogP contribution is -2.25. The number of carboxylic acid groups (broad SMARTS) is 1. The Morgan fingerprint density at radius 1 is 1.15 bits per heavy atom. The van der Waals surface area contributed by atoms with Gasteiger partial charge in [-0.15, -0.1) is 0 Å². The summed E-state index contributed by atoms with van der Waals surface area (Å²) in [7, 11) is 0. The van der Waals surface area contributed by atoms with Crippen LogP contribution < -0.4 is 0 Å². The molecular weight excluding hydrogens is 256 g/mol. The molecule has 4 heteroatoms. The summed E-state index contributed by atoms with van der Waals surface area (Å²) < 4.78 is 10.5. The third-order valence-corrected chi connectivity index (χ3v) is 4.66. The molecule has 20 heavy (non-hydrogen) atoms. The van der Waals surface area contributed by atoms with E-state index in [1.807, 2.05) is 0 Å². The van der Waals surface area contributed by atoms with Crippen LogP contribution in [-0.2, 0) is 14.3 Å². The highest BCUT2D eigenvalue weighted by Crippen LogP contribution is 2.31. The molecule has 2 fully saturated rings. The molecule has 1 aliphatic carbocycles. The van der Waals surface area contributed by atoms with E-state index in [0.717, 1.165) is 18.9 Å². The van der Waals surface area contributed by atoms with Gasteiger partial charge in [-0.3, -0.25) is 0 Å². The Morgan fingerprint density at radius 3 is 2.55 bits per heavy atom. The average molecular weight is 284 g/mol. The highest BCUT2D eigenvalue weighted by Gasteiger charge is 2.52. The third kappa shape index (κ3) is 5.06. The van der Waals surface area contributed by atoms with Gasteiger partial charge >= 0.3 is 5.97 Å². The normalized spacial score (nSPS) is 26.6. The predicted molar refractivity (Wildman–Crippen MR) is 76.8 cm³/mol. The number of hydrogen-bond donors (Lipinski definition) is 1. The summed E-state index contributed by atoms with van der Waals surface area (Å²) in [6, 6.07) is 0. The number of carbonyl (C=O) groups is 1. The van der Waals surface area contributed by atoms with Crippen molar-refractivity contribution in [3.63, 3.8) is 0 Å². The Labute approximate surface area is 121 Å². The van der Waals surface area contributed by atoms with Crippen molar-refractivity contribution in [3.05, 3.63) is 0 Å². The zero-order valence-corrected chi connectivity index (χ0v) is 12.4. The van der Waals surface area contributed by atoms with Crippen molar-refractivity contribution in [2.75, 3.05) is 19.8 Å². The molecule has 1 atom stereocenters. The lowest BCUT2D eigenvalue weighted by atomic mass is 9.86. The highest BCUT2D eigenvalue weighted by molar-refractivity contribution is 5.80. The van der Waals surface area contributed by atoms with E-state index in [4.69, 9.17) is 14.6 Å². The molecule has 1 N–H and O–H groups in total. The van der Waals surface area contributed by atoms with Crippen molar-refractivity contribution in [2.24, 2.45) is 5.92 Å². The van der Waals surface area contributed by atoms with Crippen LogP contribution in [0.5, 0.6) is 0 Å². The number of unbranched alkanes of at least 4 members (excludes halogenated alkanes) is 2. The van der Waals surface area contributed by atoms with Crippen LogP contribution in [0.15, 0.2) is 0 Å². The Bertz CT molecular complexity index is 293. The zero-order valence-electron chi connectivity index (χ0n) is 12.4. The van der Waals surface area contributed by atoms with Gasteiger partial charge in [-0.2, -0.15) is 0 Å². The standard InChI is InChI=1S/C16H28O4/c17-15(18)16(13-20-16)10-12-19-11-6-2-5-9-14-7-3-1-4-8-14/h14H,1-13H2,(H,17,18). The number of ether oxygens (including phenoxy) is 2. The summed E-state index contributed by atoms with van der Waals surface area (Å²) in [6.07, 6.45) is 12.7. The van der Waals surface area contributed by atoms with Crippen molar-refractivity contribution >= 4 is 5.97 Å². The lowest BCUT2D eigenvalue weighted by Gasteiger charge is -2.21. The number of rotatable bonds is 10. The topological polar surface area (TPSA) is 59.1 Å². The van der Waals surface area contributed by atoms with Crippen LogP contribution in [0, 0.1) is 5.92 Å². The molecule has 1 heterocycles. The van der Waals surface area contributed by atoms with Gasteiger partial charge in [0.2, 0.25) is 0 Å². The summed E-state index contributed by atoms with van der Waals surface area (Å²) in [4.78, 5) is 10.9. The van der Waals surface area contributed by atoms with Crippen molar-refractivity contribution < 1.29 is 19.4 Å². The molecule has 2 rings (SSSR count). The number of epoxide rings is 1. The van der Waals surface area contributed by atoms with Crippen LogP contribution in [0.3, 0.4) is 0 Å². The second kappa shape index (κ2) is 7.99. The van der Waals surface area contributed by atoms with Gasteiger partial charge in [-0.25, -0.2) is 4.79 Å². The summed E-state index contributed by atoms with van der Waals surface area (Å²) in [5, 5.41) is 8.92. The number of carboxylic acids is 1. The van der Waals surface area contributed by atoms with Gasteiger partial charge in [-0.05, 0) is 12.3 Å². The van der Waals surface area contributed by atoms with E-state index in [2.05, 4.69) is 0 Å². The van der Waals surface area contributed by atoms with Crippen LogP contribution in [-0.4, -0.2) is 36.5 Å². The molecule has 116 valence electrons. The monoisotopic (exact) mass is 284 g/mol. The molecule has 0 bridgehead atoms. The van der Waals surface area contributed by atoms with E-state index in [1.165, 1.54) is 51.4 Å². The largest absolute Gasteiger partial charge is 0.479 e. The summed E-state index contributed by atoms with van der Waals surface area (Å²) in [6.45, 7) is 1.59. The molecule has 0 aromatic rings. The summed E-state index contributed by atoms with van der Waals surface area (Å²) >= 11 is 0. The smallest absolute Gasteiger partial charge is 0.338 e. The number of hydrogen-bond acceptors (Lipinski definition) is 3. The summed E-state index contributed by atoms with van der Waals surface area (Å²) in [5.74, 6) is 0.126. The Balaban J connectivity index is 1.38. The average Bonchev–Trinajstić information content (AvgIpc) is 3.24. The Kier molecular flexibility index (Phi) is 6.30. The van der Waals surface area contributed by atoms with E-state index in [0.29, 0.717) is 19.6 Å². The molecule has 1 saturated carbocycles. The van der Waals surface area contributed by atoms with Gasteiger partial charge < -0.3 is 14.6 Å². The molecule has 1 unspecified atom stereocenters. The molecule has 0 radical (unpaired) electrons. The van der Waals surface area contributed by atoms with Crippen LogP contribution >= 0.6 is 0 Å². The fourth-order valence-corrected chi connectivity index (χ4v) is 3.09. The minimum Gasteiger partial charge on any atom is -0.479 e. The van der Waals surface area contributed by atoms with Crippen LogP contribution in [0.1, 0.15) is 64.2 Å². The number of aliphatic carboxylic acids is 1. The van der Waals surface area contributed by atoms with Crippen LogP contribution in [0.25, 0.3) is 0 Å². The fraction of sp³-hybridized carbons (Fsp3) is 0.938. The Hall–Kier alpha value is -0.610. The molecular formula is C16H28O4. The van der Waals surface area contributed by atoms with Crippen molar-refractivity contribution in [1.29, 1.82) is 0 Å². The first-order valence-electron chi connectivity index (χ1n) is 8.18. The van der Waals surface area contributed by atoms with Crippen molar-refractivity contribution in [1.82, 2.24) is 0 Å². The van der Waals surface area contributed by atoms with Crippen LogP contribution in [0.4, 0.5) is 0 Å². The molecule has 1 aliphatic heterocycles. The van der Waals surface area contributed by atoms with Gasteiger partial charge in [0.25, 0.3) is 0 Å². The van der Waals surface area contributed by atoms with Gasteiger partial charge in [0, 0.05) is 19.6 Å². The first kappa shape index (κ1) is 15.8. The van der Waals surface area contributed by atoms with E-state index >= 15 is 0 Å².